The lowest BCUT2D eigenvalue weighted by Gasteiger charge is -2.24. The SMILES string of the molecule is CO[Si](CCCSC1=NNC(=N)C1)(OC)OC. The number of thioether (sulfide) groups is 1. The molecule has 0 amide bonds. The number of amidine groups is 1. The summed E-state index contributed by atoms with van der Waals surface area (Å²) in [6.07, 6.45) is 1.56. The van der Waals surface area contributed by atoms with Gasteiger partial charge in [-0.1, -0.05) is 0 Å². The summed E-state index contributed by atoms with van der Waals surface area (Å²) in [6.45, 7) is 0. The molecule has 0 radical (unpaired) electrons. The Balaban J connectivity index is 2.21. The number of hydrogen-bond acceptors (Lipinski definition) is 6. The van der Waals surface area contributed by atoms with E-state index in [1.54, 1.807) is 33.1 Å². The Morgan fingerprint density at radius 1 is 1.35 bits per heavy atom. The lowest BCUT2D eigenvalue weighted by atomic mass is 10.5. The highest BCUT2D eigenvalue weighted by molar-refractivity contribution is 8.14. The fourth-order valence-electron chi connectivity index (χ4n) is 1.48. The standard InChI is InChI=1S/C9H19N3O3SSi/c1-13-17(14-2,15-3)6-4-5-16-9-7-8(10)11-12-9/h4-7H2,1-3H3,(H2,10,11). The zero-order valence-electron chi connectivity index (χ0n) is 10.4. The molecule has 8 heteroatoms. The van der Waals surface area contributed by atoms with Gasteiger partial charge in [0.1, 0.15) is 10.9 Å². The highest BCUT2D eigenvalue weighted by Crippen LogP contribution is 2.19. The van der Waals surface area contributed by atoms with Gasteiger partial charge in [0.2, 0.25) is 0 Å². The van der Waals surface area contributed by atoms with Crippen LogP contribution in [-0.2, 0) is 13.3 Å². The molecule has 0 spiro atoms. The monoisotopic (exact) mass is 277 g/mol. The maximum atomic E-state index is 7.36. The maximum absolute atomic E-state index is 7.36. The Morgan fingerprint density at radius 2 is 2.00 bits per heavy atom. The van der Waals surface area contributed by atoms with Crippen LogP contribution < -0.4 is 5.43 Å². The summed E-state index contributed by atoms with van der Waals surface area (Å²) in [6, 6.07) is 0.793. The van der Waals surface area contributed by atoms with E-state index in [4.69, 9.17) is 18.7 Å². The molecule has 0 aromatic heterocycles. The molecule has 1 aliphatic heterocycles. The fourth-order valence-corrected chi connectivity index (χ4v) is 4.34. The van der Waals surface area contributed by atoms with E-state index in [9.17, 15) is 0 Å². The van der Waals surface area contributed by atoms with Gasteiger partial charge in [0, 0.05) is 27.4 Å². The normalized spacial score (nSPS) is 15.9. The van der Waals surface area contributed by atoms with Crippen LogP contribution in [0.15, 0.2) is 5.10 Å². The maximum Gasteiger partial charge on any atom is 0.500 e. The lowest BCUT2D eigenvalue weighted by molar-refractivity contribution is 0.123. The molecule has 98 valence electrons. The Morgan fingerprint density at radius 3 is 2.47 bits per heavy atom. The Bertz CT molecular complexity index is 289. The Hall–Kier alpha value is -0.413. The van der Waals surface area contributed by atoms with Gasteiger partial charge in [0.05, 0.1) is 6.42 Å². The van der Waals surface area contributed by atoms with Crippen LogP contribution in [-0.4, -0.2) is 46.8 Å². The molecule has 0 atom stereocenters. The highest BCUT2D eigenvalue weighted by Gasteiger charge is 2.36. The summed E-state index contributed by atoms with van der Waals surface area (Å²) < 4.78 is 16.0. The molecule has 0 fully saturated rings. The predicted octanol–water partition coefficient (Wildman–Crippen LogP) is 1.27. The molecule has 0 aliphatic carbocycles. The van der Waals surface area contributed by atoms with Crippen LogP contribution in [0.5, 0.6) is 0 Å². The third-order valence-corrected chi connectivity index (χ3v) is 6.37. The lowest BCUT2D eigenvalue weighted by Crippen LogP contribution is -2.42. The van der Waals surface area contributed by atoms with Crippen molar-refractivity contribution in [1.29, 1.82) is 5.41 Å². The van der Waals surface area contributed by atoms with Crippen LogP contribution in [0.2, 0.25) is 6.04 Å². The molecule has 0 aromatic carbocycles. The Labute approximate surface area is 107 Å². The second-order valence-corrected chi connectivity index (χ2v) is 7.78. The average molecular weight is 277 g/mol. The third-order valence-electron chi connectivity index (χ3n) is 2.47. The molecule has 2 N–H and O–H groups in total. The number of nitrogens with one attached hydrogen (secondary N) is 2. The zero-order chi connectivity index (χ0) is 12.7. The molecule has 1 rings (SSSR count). The first-order valence-electron chi connectivity index (χ1n) is 5.34. The number of hydrogen-bond donors (Lipinski definition) is 2. The summed E-state index contributed by atoms with van der Waals surface area (Å²) in [5.41, 5.74) is 2.65. The molecule has 0 aromatic rings. The van der Waals surface area contributed by atoms with E-state index in [1.165, 1.54) is 0 Å². The van der Waals surface area contributed by atoms with Crippen molar-refractivity contribution in [2.45, 2.75) is 18.9 Å². The van der Waals surface area contributed by atoms with Crippen LogP contribution in [0.4, 0.5) is 0 Å². The zero-order valence-corrected chi connectivity index (χ0v) is 12.2. The minimum Gasteiger partial charge on any atom is -0.377 e. The molecule has 0 saturated heterocycles. The average Bonchev–Trinajstić information content (AvgIpc) is 2.76. The molecule has 1 aliphatic rings. The van der Waals surface area contributed by atoms with Crippen LogP contribution in [0.1, 0.15) is 12.8 Å². The van der Waals surface area contributed by atoms with Crippen molar-refractivity contribution in [1.82, 2.24) is 5.43 Å². The van der Waals surface area contributed by atoms with E-state index in [0.717, 1.165) is 23.3 Å². The second kappa shape index (κ2) is 7.12. The smallest absolute Gasteiger partial charge is 0.377 e. The molecule has 17 heavy (non-hydrogen) atoms. The first-order valence-corrected chi connectivity index (χ1v) is 8.26. The topological polar surface area (TPSA) is 75.9 Å². The van der Waals surface area contributed by atoms with E-state index in [1.807, 2.05) is 0 Å². The van der Waals surface area contributed by atoms with Crippen LogP contribution >= 0.6 is 11.8 Å². The molecule has 6 nitrogen and oxygen atoms in total. The van der Waals surface area contributed by atoms with E-state index in [-0.39, 0.29) is 0 Å². The van der Waals surface area contributed by atoms with Crippen LogP contribution in [0.3, 0.4) is 0 Å². The molecule has 1 heterocycles. The van der Waals surface area contributed by atoms with Gasteiger partial charge in [-0.25, -0.2) is 0 Å². The van der Waals surface area contributed by atoms with Gasteiger partial charge in [-0.2, -0.15) is 5.10 Å². The van der Waals surface area contributed by atoms with Gasteiger partial charge in [-0.05, 0) is 12.2 Å². The van der Waals surface area contributed by atoms with Crippen LogP contribution in [0.25, 0.3) is 0 Å². The number of hydrazone groups is 1. The first kappa shape index (κ1) is 14.6. The van der Waals surface area contributed by atoms with Crippen molar-refractivity contribution in [3.8, 4) is 0 Å². The van der Waals surface area contributed by atoms with Gasteiger partial charge in [0.25, 0.3) is 0 Å². The summed E-state index contributed by atoms with van der Waals surface area (Å²) in [5, 5.41) is 12.4. The predicted molar refractivity (Wildman–Crippen MR) is 71.6 cm³/mol. The Kier molecular flexibility index (Phi) is 6.13. The quantitative estimate of drug-likeness (QED) is 0.541. The minimum atomic E-state index is -2.42. The van der Waals surface area contributed by atoms with Gasteiger partial charge in [0.15, 0.2) is 0 Å². The molecular formula is C9H19N3O3SSi. The molecule has 0 saturated carbocycles. The number of rotatable bonds is 7. The van der Waals surface area contributed by atoms with E-state index in [2.05, 4.69) is 10.5 Å². The highest BCUT2D eigenvalue weighted by atomic mass is 32.2. The summed E-state index contributed by atoms with van der Waals surface area (Å²) in [5.74, 6) is 1.39. The number of nitrogens with zero attached hydrogens (tertiary/aromatic N) is 1. The van der Waals surface area contributed by atoms with Crippen molar-refractivity contribution < 1.29 is 13.3 Å². The van der Waals surface area contributed by atoms with Gasteiger partial charge < -0.3 is 13.3 Å². The van der Waals surface area contributed by atoms with E-state index < -0.39 is 8.80 Å². The molecular weight excluding hydrogens is 258 g/mol. The second-order valence-electron chi connectivity index (χ2n) is 3.52. The summed E-state index contributed by atoms with van der Waals surface area (Å²) in [7, 11) is 2.45. The fraction of sp³-hybridized carbons (Fsp3) is 0.778. The van der Waals surface area contributed by atoms with Crippen molar-refractivity contribution >= 4 is 31.4 Å². The van der Waals surface area contributed by atoms with E-state index in [0.29, 0.717) is 12.3 Å². The first-order chi connectivity index (χ1) is 8.15. The van der Waals surface area contributed by atoms with Gasteiger partial charge in [-0.3, -0.25) is 10.8 Å². The van der Waals surface area contributed by atoms with E-state index >= 15 is 0 Å². The van der Waals surface area contributed by atoms with Gasteiger partial charge in [-0.15, -0.1) is 11.8 Å². The van der Waals surface area contributed by atoms with Crippen molar-refractivity contribution in [3.05, 3.63) is 0 Å². The molecule has 0 unspecified atom stereocenters. The summed E-state index contributed by atoms with van der Waals surface area (Å²) in [4.78, 5) is 0. The van der Waals surface area contributed by atoms with Crippen molar-refractivity contribution in [2.24, 2.45) is 5.10 Å². The third kappa shape index (κ3) is 4.40. The van der Waals surface area contributed by atoms with Crippen LogP contribution in [0, 0.1) is 5.41 Å². The molecule has 0 bridgehead atoms. The largest absolute Gasteiger partial charge is 0.500 e. The summed E-state index contributed by atoms with van der Waals surface area (Å²) >= 11 is 1.66. The van der Waals surface area contributed by atoms with Crippen molar-refractivity contribution in [3.63, 3.8) is 0 Å². The minimum absolute atomic E-state index is 0.460. The van der Waals surface area contributed by atoms with Crippen molar-refractivity contribution in [2.75, 3.05) is 27.1 Å². The van der Waals surface area contributed by atoms with Gasteiger partial charge >= 0.3 is 8.80 Å².